The third-order valence-electron chi connectivity index (χ3n) is 5.47. The van der Waals surface area contributed by atoms with Crippen LogP contribution < -0.4 is 5.32 Å². The Morgan fingerprint density at radius 3 is 2.39 bits per heavy atom. The van der Waals surface area contributed by atoms with Gasteiger partial charge in [0.1, 0.15) is 5.60 Å². The second-order valence-corrected chi connectivity index (χ2v) is 10.7. The van der Waals surface area contributed by atoms with Crippen molar-refractivity contribution in [3.05, 3.63) is 50.7 Å². The van der Waals surface area contributed by atoms with Crippen LogP contribution in [0.25, 0.3) is 0 Å². The monoisotopic (exact) mass is 489 g/mol. The number of thiophene rings is 1. The van der Waals surface area contributed by atoms with Crippen molar-refractivity contribution < 1.29 is 23.9 Å². The maximum absolute atomic E-state index is 13.3. The second kappa shape index (κ2) is 8.79. The Balaban J connectivity index is 1.48. The number of benzene rings is 1. The molecule has 2 aliphatic rings. The van der Waals surface area contributed by atoms with Crippen molar-refractivity contribution in [1.29, 1.82) is 0 Å². The number of carbonyl (C=O) groups excluding carboxylic acids is 4. The fourth-order valence-corrected chi connectivity index (χ4v) is 4.93. The van der Waals surface area contributed by atoms with Gasteiger partial charge in [0, 0.05) is 19.1 Å². The molecule has 33 heavy (non-hydrogen) atoms. The van der Waals surface area contributed by atoms with Crippen LogP contribution in [0.1, 0.15) is 64.0 Å². The molecule has 0 unspecified atom stereocenters. The van der Waals surface area contributed by atoms with E-state index in [0.717, 1.165) is 11.3 Å². The van der Waals surface area contributed by atoms with Gasteiger partial charge in [0.05, 0.1) is 26.0 Å². The van der Waals surface area contributed by atoms with E-state index in [9.17, 15) is 19.2 Å². The van der Waals surface area contributed by atoms with Crippen molar-refractivity contribution in [3.63, 3.8) is 0 Å². The van der Waals surface area contributed by atoms with Crippen molar-refractivity contribution in [1.82, 2.24) is 9.80 Å². The number of piperidine rings is 1. The zero-order valence-corrected chi connectivity index (χ0v) is 20.1. The minimum Gasteiger partial charge on any atom is -0.444 e. The first-order valence-electron chi connectivity index (χ1n) is 10.6. The lowest BCUT2D eigenvalue weighted by Gasteiger charge is -2.36. The smallest absolute Gasteiger partial charge is 0.410 e. The first-order chi connectivity index (χ1) is 15.5. The Bertz CT molecular complexity index is 1130. The number of carbonyl (C=O) groups is 4. The van der Waals surface area contributed by atoms with Gasteiger partial charge < -0.3 is 15.0 Å². The lowest BCUT2D eigenvalue weighted by atomic mass is 10.0. The predicted molar refractivity (Wildman–Crippen MR) is 125 cm³/mol. The number of hydrogen-bond acceptors (Lipinski definition) is 6. The first kappa shape index (κ1) is 23.3. The van der Waals surface area contributed by atoms with Gasteiger partial charge in [-0.2, -0.15) is 0 Å². The third kappa shape index (κ3) is 4.74. The largest absolute Gasteiger partial charge is 0.444 e. The summed E-state index contributed by atoms with van der Waals surface area (Å²) in [5.41, 5.74) is 0.143. The number of anilines is 1. The SMILES string of the molecule is CC(C)(C)OC(=O)N1CCC(N2C(=O)c3cccc(NC(=O)c4ccc(Cl)s4)c3C2=O)CC1. The van der Waals surface area contributed by atoms with Gasteiger partial charge in [0.25, 0.3) is 17.7 Å². The number of nitrogens with zero attached hydrogens (tertiary/aromatic N) is 2. The number of imide groups is 1. The fraction of sp³-hybridized carbons (Fsp3) is 0.391. The van der Waals surface area contributed by atoms with E-state index in [-0.39, 0.29) is 28.8 Å². The Labute approximate surface area is 200 Å². The van der Waals surface area contributed by atoms with Crippen molar-refractivity contribution >= 4 is 52.4 Å². The highest BCUT2D eigenvalue weighted by atomic mass is 35.5. The summed E-state index contributed by atoms with van der Waals surface area (Å²) in [6.45, 7) is 6.19. The Morgan fingerprint density at radius 2 is 1.79 bits per heavy atom. The van der Waals surface area contributed by atoms with E-state index in [0.29, 0.717) is 35.1 Å². The molecule has 0 bridgehead atoms. The molecule has 0 atom stereocenters. The van der Waals surface area contributed by atoms with Crippen LogP contribution in [-0.4, -0.2) is 58.3 Å². The van der Waals surface area contributed by atoms with E-state index in [1.54, 1.807) is 56.0 Å². The average Bonchev–Trinajstić information content (AvgIpc) is 3.29. The number of nitrogens with one attached hydrogen (secondary N) is 1. The molecule has 0 saturated carbocycles. The molecule has 1 aromatic heterocycles. The number of amides is 4. The van der Waals surface area contributed by atoms with Gasteiger partial charge in [-0.3, -0.25) is 19.3 Å². The summed E-state index contributed by atoms with van der Waals surface area (Å²) < 4.78 is 5.89. The zero-order chi connectivity index (χ0) is 23.9. The number of rotatable bonds is 3. The molecule has 0 spiro atoms. The highest BCUT2D eigenvalue weighted by molar-refractivity contribution is 7.18. The Hall–Kier alpha value is -2.91. The quantitative estimate of drug-likeness (QED) is 0.633. The Morgan fingerprint density at radius 1 is 1.09 bits per heavy atom. The molecule has 1 fully saturated rings. The van der Waals surface area contributed by atoms with E-state index in [1.807, 2.05) is 0 Å². The minimum absolute atomic E-state index is 0.188. The van der Waals surface area contributed by atoms with Crippen molar-refractivity contribution in [3.8, 4) is 0 Å². The zero-order valence-electron chi connectivity index (χ0n) is 18.5. The standard InChI is InChI=1S/C23H24ClN3O5S/c1-23(2,3)32-22(31)26-11-9-13(10-12-26)27-20(29)14-5-4-6-15(18(14)21(27)30)25-19(28)16-7-8-17(24)33-16/h4-8,13H,9-12H2,1-3H3,(H,25,28). The van der Waals surface area contributed by atoms with Crippen LogP contribution in [0.2, 0.25) is 4.34 Å². The van der Waals surface area contributed by atoms with Crippen LogP contribution in [0.3, 0.4) is 0 Å². The van der Waals surface area contributed by atoms with E-state index >= 15 is 0 Å². The highest BCUT2D eigenvalue weighted by Gasteiger charge is 2.43. The lowest BCUT2D eigenvalue weighted by Crippen LogP contribution is -2.49. The molecule has 0 aliphatic carbocycles. The summed E-state index contributed by atoms with van der Waals surface area (Å²) in [5.74, 6) is -1.23. The average molecular weight is 490 g/mol. The van der Waals surface area contributed by atoms with Crippen LogP contribution in [0.5, 0.6) is 0 Å². The van der Waals surface area contributed by atoms with Gasteiger partial charge in [-0.25, -0.2) is 4.79 Å². The molecule has 0 radical (unpaired) electrons. The minimum atomic E-state index is -0.592. The molecule has 2 aliphatic heterocycles. The molecule has 3 heterocycles. The molecule has 1 N–H and O–H groups in total. The summed E-state index contributed by atoms with van der Waals surface area (Å²) in [7, 11) is 0. The van der Waals surface area contributed by atoms with Crippen LogP contribution >= 0.6 is 22.9 Å². The molecule has 174 valence electrons. The van der Waals surface area contributed by atoms with E-state index < -0.39 is 23.5 Å². The molecular formula is C23H24ClN3O5S. The van der Waals surface area contributed by atoms with Crippen molar-refractivity contribution in [2.24, 2.45) is 0 Å². The summed E-state index contributed by atoms with van der Waals surface area (Å²) in [4.78, 5) is 54.5. The molecular weight excluding hydrogens is 466 g/mol. The predicted octanol–water partition coefficient (Wildman–Crippen LogP) is 4.65. The van der Waals surface area contributed by atoms with E-state index in [4.69, 9.17) is 16.3 Å². The van der Waals surface area contributed by atoms with Gasteiger partial charge in [-0.05, 0) is 57.9 Å². The summed E-state index contributed by atoms with van der Waals surface area (Å²) in [5, 5.41) is 2.73. The first-order valence-corrected chi connectivity index (χ1v) is 11.8. The summed E-state index contributed by atoms with van der Waals surface area (Å²) in [6, 6.07) is 7.71. The molecule has 4 rings (SSSR count). The van der Waals surface area contributed by atoms with E-state index in [1.165, 1.54) is 4.90 Å². The topological polar surface area (TPSA) is 96.0 Å². The molecule has 4 amide bonds. The molecule has 1 saturated heterocycles. The lowest BCUT2D eigenvalue weighted by molar-refractivity contribution is 0.0156. The molecule has 10 heteroatoms. The number of halogens is 1. The number of ether oxygens (including phenoxy) is 1. The number of fused-ring (bicyclic) bond motifs is 1. The highest BCUT2D eigenvalue weighted by Crippen LogP contribution is 2.34. The van der Waals surface area contributed by atoms with E-state index in [2.05, 4.69) is 5.32 Å². The normalized spacial score (nSPS) is 16.7. The second-order valence-electron chi connectivity index (χ2n) is 8.96. The maximum Gasteiger partial charge on any atom is 0.410 e. The number of likely N-dealkylation sites (tertiary alicyclic amines) is 1. The van der Waals surface area contributed by atoms with Gasteiger partial charge in [0.2, 0.25) is 0 Å². The Kier molecular flexibility index (Phi) is 6.20. The van der Waals surface area contributed by atoms with Crippen LogP contribution in [-0.2, 0) is 4.74 Å². The van der Waals surface area contributed by atoms with Gasteiger partial charge in [0.15, 0.2) is 0 Å². The summed E-state index contributed by atoms with van der Waals surface area (Å²) >= 11 is 7.04. The molecule has 8 nitrogen and oxygen atoms in total. The third-order valence-corrected chi connectivity index (χ3v) is 6.70. The van der Waals surface area contributed by atoms with Crippen molar-refractivity contribution in [2.75, 3.05) is 18.4 Å². The van der Waals surface area contributed by atoms with Gasteiger partial charge in [-0.15, -0.1) is 11.3 Å². The molecule has 1 aromatic carbocycles. The van der Waals surface area contributed by atoms with Crippen LogP contribution in [0.15, 0.2) is 30.3 Å². The van der Waals surface area contributed by atoms with Gasteiger partial charge >= 0.3 is 6.09 Å². The molecule has 2 aromatic rings. The summed E-state index contributed by atoms with van der Waals surface area (Å²) in [6.07, 6.45) is 0.516. The maximum atomic E-state index is 13.3. The van der Waals surface area contributed by atoms with Crippen LogP contribution in [0.4, 0.5) is 10.5 Å². The number of hydrogen-bond donors (Lipinski definition) is 1. The van der Waals surface area contributed by atoms with Crippen molar-refractivity contribution in [2.45, 2.75) is 45.3 Å². The van der Waals surface area contributed by atoms with Gasteiger partial charge in [-0.1, -0.05) is 17.7 Å². The van der Waals surface area contributed by atoms with Crippen LogP contribution in [0, 0.1) is 0 Å². The fourth-order valence-electron chi connectivity index (χ4n) is 3.99.